The van der Waals surface area contributed by atoms with Crippen LogP contribution >= 0.6 is 0 Å². The van der Waals surface area contributed by atoms with Gasteiger partial charge in [-0.25, -0.2) is 13.2 Å². The molecular formula is C22H25NO4S. The van der Waals surface area contributed by atoms with Crippen molar-refractivity contribution in [3.8, 4) is 0 Å². The molecule has 3 rings (SSSR count). The Morgan fingerprint density at radius 2 is 1.71 bits per heavy atom. The van der Waals surface area contributed by atoms with Gasteiger partial charge in [-0.2, -0.15) is 4.31 Å². The Kier molecular flexibility index (Phi) is 5.72. The number of hydrogen-bond acceptors (Lipinski definition) is 4. The van der Waals surface area contributed by atoms with Gasteiger partial charge in [0, 0.05) is 6.08 Å². The second kappa shape index (κ2) is 7.89. The normalized spacial score (nSPS) is 21.6. The highest BCUT2D eigenvalue weighted by Crippen LogP contribution is 2.40. The molecule has 1 unspecified atom stereocenters. The lowest BCUT2D eigenvalue weighted by Gasteiger charge is -2.13. The highest BCUT2D eigenvalue weighted by molar-refractivity contribution is 7.89. The maximum atomic E-state index is 13.4. The second-order valence-corrected chi connectivity index (χ2v) is 8.97. The van der Waals surface area contributed by atoms with Gasteiger partial charge in [0.1, 0.15) is 0 Å². The summed E-state index contributed by atoms with van der Waals surface area (Å²) in [5, 5.41) is 0. The van der Waals surface area contributed by atoms with E-state index in [2.05, 4.69) is 4.74 Å². The van der Waals surface area contributed by atoms with Gasteiger partial charge in [-0.05, 0) is 43.9 Å². The van der Waals surface area contributed by atoms with E-state index in [1.165, 1.54) is 17.5 Å². The number of carbonyl (C=O) groups is 1. The summed E-state index contributed by atoms with van der Waals surface area (Å²) in [5.41, 5.74) is 3.55. The van der Waals surface area contributed by atoms with Crippen LogP contribution in [0.4, 0.5) is 0 Å². The van der Waals surface area contributed by atoms with E-state index in [0.717, 1.165) is 22.3 Å². The molecular weight excluding hydrogens is 374 g/mol. The SMILES string of the molecule is COC(=O)/C=C\[C@@H]1[C@@H](Cc2ccccc2)N1S(=O)(=O)c1c(C)cc(C)cc1C. The van der Waals surface area contributed by atoms with Gasteiger partial charge in [0.25, 0.3) is 0 Å². The number of rotatable bonds is 6. The van der Waals surface area contributed by atoms with Crippen molar-refractivity contribution in [3.05, 3.63) is 76.9 Å². The van der Waals surface area contributed by atoms with Crippen LogP contribution in [0.5, 0.6) is 0 Å². The quantitative estimate of drug-likeness (QED) is 0.425. The Morgan fingerprint density at radius 1 is 1.11 bits per heavy atom. The summed E-state index contributed by atoms with van der Waals surface area (Å²) >= 11 is 0. The highest BCUT2D eigenvalue weighted by Gasteiger charge is 2.54. The molecule has 0 amide bonds. The minimum absolute atomic E-state index is 0.228. The fourth-order valence-corrected chi connectivity index (χ4v) is 5.99. The van der Waals surface area contributed by atoms with Crippen LogP contribution in [0.2, 0.25) is 0 Å². The molecule has 5 nitrogen and oxygen atoms in total. The number of hydrogen-bond donors (Lipinski definition) is 0. The predicted molar refractivity (Wildman–Crippen MR) is 109 cm³/mol. The molecule has 1 aliphatic rings. The van der Waals surface area contributed by atoms with Crippen LogP contribution in [0.25, 0.3) is 0 Å². The molecule has 28 heavy (non-hydrogen) atoms. The van der Waals surface area contributed by atoms with Gasteiger partial charge in [0.05, 0.1) is 24.1 Å². The van der Waals surface area contributed by atoms with Crippen molar-refractivity contribution in [2.75, 3.05) is 7.11 Å². The lowest BCUT2D eigenvalue weighted by Crippen LogP contribution is -2.19. The van der Waals surface area contributed by atoms with Crippen molar-refractivity contribution in [2.45, 2.75) is 44.2 Å². The van der Waals surface area contributed by atoms with E-state index in [9.17, 15) is 13.2 Å². The number of aryl methyl sites for hydroxylation is 3. The van der Waals surface area contributed by atoms with Gasteiger partial charge >= 0.3 is 5.97 Å². The van der Waals surface area contributed by atoms with Gasteiger partial charge in [-0.3, -0.25) is 0 Å². The molecule has 0 saturated carbocycles. The first-order chi connectivity index (χ1) is 13.3. The number of methoxy groups -OCH3 is 1. The summed E-state index contributed by atoms with van der Waals surface area (Å²) < 4.78 is 33.0. The van der Waals surface area contributed by atoms with E-state index in [4.69, 9.17) is 0 Å². The van der Waals surface area contributed by atoms with Gasteiger partial charge in [-0.1, -0.05) is 54.1 Å². The molecule has 6 heteroatoms. The van der Waals surface area contributed by atoms with Gasteiger partial charge in [-0.15, -0.1) is 0 Å². The van der Waals surface area contributed by atoms with Crippen LogP contribution in [-0.4, -0.2) is 37.9 Å². The summed E-state index contributed by atoms with van der Waals surface area (Å²) in [4.78, 5) is 11.9. The smallest absolute Gasteiger partial charge is 0.330 e. The fraction of sp³-hybridized carbons (Fsp3) is 0.318. The van der Waals surface area contributed by atoms with Crippen molar-refractivity contribution < 1.29 is 17.9 Å². The molecule has 1 aliphatic heterocycles. The Hall–Kier alpha value is -2.44. The van der Waals surface area contributed by atoms with Crippen molar-refractivity contribution in [1.82, 2.24) is 4.31 Å². The zero-order chi connectivity index (χ0) is 20.5. The van der Waals surface area contributed by atoms with Crippen LogP contribution in [-0.2, 0) is 26.0 Å². The van der Waals surface area contributed by atoms with Crippen molar-refractivity contribution in [1.29, 1.82) is 0 Å². The molecule has 1 heterocycles. The van der Waals surface area contributed by atoms with Crippen LogP contribution in [0.3, 0.4) is 0 Å². The molecule has 0 radical (unpaired) electrons. The molecule has 3 atom stereocenters. The fourth-order valence-electron chi connectivity index (χ4n) is 3.82. The topological polar surface area (TPSA) is 63.5 Å². The first kappa shape index (κ1) is 20.3. The average molecular weight is 400 g/mol. The Labute approximate surface area is 166 Å². The molecule has 0 bridgehead atoms. The number of esters is 1. The largest absolute Gasteiger partial charge is 0.466 e. The molecule has 0 aromatic heterocycles. The highest BCUT2D eigenvalue weighted by atomic mass is 32.2. The number of ether oxygens (including phenoxy) is 1. The minimum atomic E-state index is -3.69. The van der Waals surface area contributed by atoms with E-state index in [-0.39, 0.29) is 12.1 Å². The molecule has 0 spiro atoms. The molecule has 148 valence electrons. The third-order valence-corrected chi connectivity index (χ3v) is 7.21. The summed E-state index contributed by atoms with van der Waals surface area (Å²) in [6.07, 6.45) is 3.50. The van der Waals surface area contributed by atoms with E-state index in [0.29, 0.717) is 11.3 Å². The summed E-state index contributed by atoms with van der Waals surface area (Å²) in [7, 11) is -2.39. The van der Waals surface area contributed by atoms with Gasteiger partial charge in [0.2, 0.25) is 10.0 Å². The summed E-state index contributed by atoms with van der Waals surface area (Å²) in [5.74, 6) is -0.495. The number of benzene rings is 2. The van der Waals surface area contributed by atoms with E-state index < -0.39 is 16.0 Å². The van der Waals surface area contributed by atoms with E-state index in [1.807, 2.05) is 63.2 Å². The minimum Gasteiger partial charge on any atom is -0.466 e. The van der Waals surface area contributed by atoms with E-state index in [1.54, 1.807) is 6.08 Å². The van der Waals surface area contributed by atoms with Crippen LogP contribution < -0.4 is 0 Å². The van der Waals surface area contributed by atoms with Crippen LogP contribution in [0.1, 0.15) is 22.3 Å². The van der Waals surface area contributed by atoms with Crippen LogP contribution in [0, 0.1) is 20.8 Å². The first-order valence-electron chi connectivity index (χ1n) is 9.17. The third-order valence-electron chi connectivity index (χ3n) is 4.98. The maximum absolute atomic E-state index is 13.4. The predicted octanol–water partition coefficient (Wildman–Crippen LogP) is 3.33. The van der Waals surface area contributed by atoms with Crippen molar-refractivity contribution >= 4 is 16.0 Å². The number of sulfonamides is 1. The first-order valence-corrected chi connectivity index (χ1v) is 10.6. The molecule has 0 aliphatic carbocycles. The standard InChI is InChI=1S/C22H25NO4S/c1-15-12-16(2)22(17(3)13-15)28(25,26)23-19(10-11-21(24)27-4)20(23)14-18-8-6-5-7-9-18/h5-13,19-20H,14H2,1-4H3/b11-10-/t19-,20-,23?/m1/s1. The Balaban J connectivity index is 1.96. The molecule has 0 N–H and O–H groups in total. The maximum Gasteiger partial charge on any atom is 0.330 e. The monoisotopic (exact) mass is 399 g/mol. The van der Waals surface area contributed by atoms with Crippen molar-refractivity contribution in [2.24, 2.45) is 0 Å². The zero-order valence-corrected chi connectivity index (χ0v) is 17.4. The molecule has 2 aromatic rings. The average Bonchev–Trinajstić information content (AvgIpc) is 3.32. The molecule has 2 aromatic carbocycles. The van der Waals surface area contributed by atoms with Crippen molar-refractivity contribution in [3.63, 3.8) is 0 Å². The van der Waals surface area contributed by atoms with Gasteiger partial charge in [0.15, 0.2) is 0 Å². The number of nitrogens with zero attached hydrogens (tertiary/aromatic N) is 1. The Morgan fingerprint density at radius 3 is 2.29 bits per heavy atom. The second-order valence-electron chi connectivity index (χ2n) is 7.19. The third kappa shape index (κ3) is 4.03. The molecule has 1 saturated heterocycles. The lowest BCUT2D eigenvalue weighted by molar-refractivity contribution is -0.134. The van der Waals surface area contributed by atoms with Crippen LogP contribution in [0.15, 0.2) is 59.5 Å². The zero-order valence-electron chi connectivity index (χ0n) is 16.5. The summed E-state index contributed by atoms with van der Waals surface area (Å²) in [6, 6.07) is 12.9. The van der Waals surface area contributed by atoms with Gasteiger partial charge < -0.3 is 4.74 Å². The summed E-state index contributed by atoms with van der Waals surface area (Å²) in [6.45, 7) is 5.59. The Bertz CT molecular complexity index is 989. The number of carbonyl (C=O) groups excluding carboxylic acids is 1. The lowest BCUT2D eigenvalue weighted by atomic mass is 10.1. The molecule has 1 fully saturated rings. The van der Waals surface area contributed by atoms with E-state index >= 15 is 0 Å².